The molecule has 0 aliphatic heterocycles. The highest BCUT2D eigenvalue weighted by Crippen LogP contribution is 2.21. The topological polar surface area (TPSA) is 45.1 Å². The van der Waals surface area contributed by atoms with Crippen molar-refractivity contribution in [3.05, 3.63) is 23.4 Å². The molecule has 76 valence electrons. The first kappa shape index (κ1) is 9.46. The van der Waals surface area contributed by atoms with E-state index in [0.29, 0.717) is 0 Å². The fraction of sp³-hybridized carbons (Fsp3) is 0.545. The molecule has 0 saturated carbocycles. The number of nitrogens with one attached hydrogen (secondary N) is 1. The van der Waals surface area contributed by atoms with Crippen molar-refractivity contribution >= 4 is 5.82 Å². The van der Waals surface area contributed by atoms with Crippen LogP contribution >= 0.6 is 0 Å². The number of aryl methyl sites for hydroxylation is 2. The molecule has 0 fully saturated rings. The van der Waals surface area contributed by atoms with Crippen LogP contribution in [-0.4, -0.2) is 22.7 Å². The van der Waals surface area contributed by atoms with Crippen LogP contribution in [0.3, 0.4) is 0 Å². The molecule has 1 atom stereocenters. The summed E-state index contributed by atoms with van der Waals surface area (Å²) < 4.78 is 0. The van der Waals surface area contributed by atoms with Crippen molar-refractivity contribution in [1.29, 1.82) is 0 Å². The number of nitrogens with zero attached hydrogens (tertiary/aromatic N) is 1. The van der Waals surface area contributed by atoms with Gasteiger partial charge in [0, 0.05) is 11.7 Å². The Bertz CT molecular complexity index is 325. The Kier molecular flexibility index (Phi) is 2.68. The van der Waals surface area contributed by atoms with E-state index in [0.717, 1.165) is 18.7 Å². The summed E-state index contributed by atoms with van der Waals surface area (Å²) in [6.07, 6.45) is 3.48. The normalized spacial score (nSPS) is 16.4. The van der Waals surface area contributed by atoms with Crippen LogP contribution in [0.15, 0.2) is 12.1 Å². The molecule has 3 nitrogen and oxygen atoms in total. The summed E-state index contributed by atoms with van der Waals surface area (Å²) in [7, 11) is 0. The van der Waals surface area contributed by atoms with Crippen LogP contribution in [0, 0.1) is 0 Å². The highest BCUT2D eigenvalue weighted by atomic mass is 16.3. The van der Waals surface area contributed by atoms with Crippen molar-refractivity contribution in [3.63, 3.8) is 0 Å². The van der Waals surface area contributed by atoms with Crippen LogP contribution in [0.5, 0.6) is 0 Å². The maximum Gasteiger partial charge on any atom is 0.126 e. The third kappa shape index (κ3) is 1.87. The van der Waals surface area contributed by atoms with Gasteiger partial charge in [0.25, 0.3) is 0 Å². The highest BCUT2D eigenvalue weighted by molar-refractivity contribution is 5.41. The molecule has 0 spiro atoms. The lowest BCUT2D eigenvalue weighted by Crippen LogP contribution is -2.20. The smallest absolute Gasteiger partial charge is 0.126 e. The summed E-state index contributed by atoms with van der Waals surface area (Å²) >= 11 is 0. The molecule has 0 bridgehead atoms. The zero-order valence-electron chi connectivity index (χ0n) is 8.45. The van der Waals surface area contributed by atoms with Gasteiger partial charge in [-0.25, -0.2) is 4.98 Å². The Morgan fingerprint density at radius 2 is 2.36 bits per heavy atom. The van der Waals surface area contributed by atoms with Crippen molar-refractivity contribution in [2.45, 2.75) is 32.2 Å². The number of aliphatic hydroxyl groups excluding tert-OH is 1. The average molecular weight is 192 g/mol. The Balaban J connectivity index is 2.12. The summed E-state index contributed by atoms with van der Waals surface area (Å²) in [5, 5.41) is 12.1. The zero-order valence-corrected chi connectivity index (χ0v) is 8.45. The SMILES string of the molecule is CC(CO)Nc1ccc2c(n1)CCC2. The summed E-state index contributed by atoms with van der Waals surface area (Å²) in [5.74, 6) is 0.882. The molecule has 0 saturated heterocycles. The summed E-state index contributed by atoms with van der Waals surface area (Å²) in [4.78, 5) is 4.52. The van der Waals surface area contributed by atoms with Gasteiger partial charge in [-0.2, -0.15) is 0 Å². The molecule has 1 heterocycles. The molecule has 0 radical (unpaired) electrons. The van der Waals surface area contributed by atoms with Crippen LogP contribution in [0.2, 0.25) is 0 Å². The van der Waals surface area contributed by atoms with Gasteiger partial charge >= 0.3 is 0 Å². The number of fused-ring (bicyclic) bond motifs is 1. The average Bonchev–Trinajstić information content (AvgIpc) is 2.64. The molecule has 0 aromatic carbocycles. The fourth-order valence-corrected chi connectivity index (χ4v) is 1.80. The monoisotopic (exact) mass is 192 g/mol. The molecule has 0 amide bonds. The molecule has 2 N–H and O–H groups in total. The lowest BCUT2D eigenvalue weighted by molar-refractivity contribution is 0.281. The Hall–Kier alpha value is -1.09. The van der Waals surface area contributed by atoms with Crippen molar-refractivity contribution in [1.82, 2.24) is 4.98 Å². The summed E-state index contributed by atoms with van der Waals surface area (Å²) in [6.45, 7) is 2.08. The van der Waals surface area contributed by atoms with Crippen LogP contribution in [0.4, 0.5) is 5.82 Å². The van der Waals surface area contributed by atoms with Crippen LogP contribution in [-0.2, 0) is 12.8 Å². The first-order chi connectivity index (χ1) is 6.79. The standard InChI is InChI=1S/C11H16N2O/c1-8(7-14)12-11-6-5-9-3-2-4-10(9)13-11/h5-6,8,14H,2-4,7H2,1H3,(H,12,13). The Morgan fingerprint density at radius 1 is 1.50 bits per heavy atom. The second-order valence-corrected chi connectivity index (χ2v) is 3.88. The lowest BCUT2D eigenvalue weighted by Gasteiger charge is -2.12. The lowest BCUT2D eigenvalue weighted by atomic mass is 10.2. The van der Waals surface area contributed by atoms with Gasteiger partial charge in [0.1, 0.15) is 5.82 Å². The van der Waals surface area contributed by atoms with Gasteiger partial charge in [-0.1, -0.05) is 6.07 Å². The minimum Gasteiger partial charge on any atom is -0.394 e. The van der Waals surface area contributed by atoms with E-state index in [2.05, 4.69) is 16.4 Å². The first-order valence-electron chi connectivity index (χ1n) is 5.16. The molecule has 2 rings (SSSR count). The van der Waals surface area contributed by atoms with E-state index >= 15 is 0 Å². The van der Waals surface area contributed by atoms with E-state index in [1.54, 1.807) is 0 Å². The van der Waals surface area contributed by atoms with E-state index in [1.807, 2.05) is 13.0 Å². The predicted octanol–water partition coefficient (Wildman–Crippen LogP) is 1.36. The maximum absolute atomic E-state index is 8.90. The highest BCUT2D eigenvalue weighted by Gasteiger charge is 2.12. The fourth-order valence-electron chi connectivity index (χ4n) is 1.80. The first-order valence-corrected chi connectivity index (χ1v) is 5.16. The van der Waals surface area contributed by atoms with Crippen molar-refractivity contribution in [2.75, 3.05) is 11.9 Å². The van der Waals surface area contributed by atoms with Crippen molar-refractivity contribution < 1.29 is 5.11 Å². The van der Waals surface area contributed by atoms with E-state index in [1.165, 1.54) is 17.7 Å². The molecular formula is C11H16N2O. The number of pyridine rings is 1. The van der Waals surface area contributed by atoms with Gasteiger partial charge in [0.2, 0.25) is 0 Å². The molecule has 1 aromatic rings. The molecule has 1 unspecified atom stereocenters. The van der Waals surface area contributed by atoms with E-state index in [9.17, 15) is 0 Å². The number of rotatable bonds is 3. The van der Waals surface area contributed by atoms with E-state index in [4.69, 9.17) is 5.11 Å². The van der Waals surface area contributed by atoms with Gasteiger partial charge in [-0.15, -0.1) is 0 Å². The summed E-state index contributed by atoms with van der Waals surface area (Å²) in [6, 6.07) is 4.21. The Morgan fingerprint density at radius 3 is 3.14 bits per heavy atom. The third-order valence-electron chi connectivity index (χ3n) is 2.60. The second kappa shape index (κ2) is 3.96. The summed E-state index contributed by atoms with van der Waals surface area (Å²) in [5.41, 5.74) is 2.60. The predicted molar refractivity (Wildman–Crippen MR) is 56.4 cm³/mol. The quantitative estimate of drug-likeness (QED) is 0.760. The molecule has 14 heavy (non-hydrogen) atoms. The molecule has 1 aromatic heterocycles. The number of aromatic nitrogens is 1. The van der Waals surface area contributed by atoms with Gasteiger partial charge in [0.05, 0.1) is 6.61 Å². The van der Waals surface area contributed by atoms with E-state index in [-0.39, 0.29) is 12.6 Å². The van der Waals surface area contributed by atoms with Crippen LogP contribution in [0.25, 0.3) is 0 Å². The number of aliphatic hydroxyl groups is 1. The third-order valence-corrected chi connectivity index (χ3v) is 2.60. The van der Waals surface area contributed by atoms with Crippen LogP contribution in [0.1, 0.15) is 24.6 Å². The number of anilines is 1. The molecular weight excluding hydrogens is 176 g/mol. The molecule has 1 aliphatic rings. The molecule has 1 aliphatic carbocycles. The largest absolute Gasteiger partial charge is 0.394 e. The number of hydrogen-bond acceptors (Lipinski definition) is 3. The maximum atomic E-state index is 8.90. The van der Waals surface area contributed by atoms with Gasteiger partial charge in [-0.3, -0.25) is 0 Å². The Labute approximate surface area is 84.2 Å². The van der Waals surface area contributed by atoms with Crippen molar-refractivity contribution in [3.8, 4) is 0 Å². The van der Waals surface area contributed by atoms with Gasteiger partial charge < -0.3 is 10.4 Å². The minimum atomic E-state index is 0.0713. The van der Waals surface area contributed by atoms with E-state index < -0.39 is 0 Å². The second-order valence-electron chi connectivity index (χ2n) is 3.88. The van der Waals surface area contributed by atoms with Gasteiger partial charge in [0.15, 0.2) is 0 Å². The van der Waals surface area contributed by atoms with Crippen molar-refractivity contribution in [2.24, 2.45) is 0 Å². The molecule has 3 heteroatoms. The minimum absolute atomic E-state index is 0.0713. The zero-order chi connectivity index (χ0) is 9.97. The number of hydrogen-bond donors (Lipinski definition) is 2. The van der Waals surface area contributed by atoms with Gasteiger partial charge in [-0.05, 0) is 37.8 Å². The van der Waals surface area contributed by atoms with Crippen LogP contribution < -0.4 is 5.32 Å².